The summed E-state index contributed by atoms with van der Waals surface area (Å²) in [5.74, 6) is -0.480. The molecule has 0 aromatic carbocycles. The molecular weight excluding hydrogens is 363 g/mol. The SMILES string of the molecule is O=C(O)C(F)(F)F.O=C1N(CC2CC2)CC12CCN(c1ccccn1)CC2. The Bertz CT molecular complexity index is 684. The Balaban J connectivity index is 0.000000260. The number of carbonyl (C=O) groups excluding carboxylic acids is 1. The molecule has 6 nitrogen and oxygen atoms in total. The molecule has 3 fully saturated rings. The number of carboxylic acids is 1. The number of carbonyl (C=O) groups is 2. The van der Waals surface area contributed by atoms with Gasteiger partial charge in [0.15, 0.2) is 0 Å². The van der Waals surface area contributed by atoms with Crippen LogP contribution in [0.25, 0.3) is 0 Å². The Morgan fingerprint density at radius 1 is 1.26 bits per heavy atom. The minimum atomic E-state index is -5.08. The van der Waals surface area contributed by atoms with Crippen LogP contribution in [0.1, 0.15) is 25.7 Å². The first-order valence-electron chi connectivity index (χ1n) is 8.97. The van der Waals surface area contributed by atoms with Crippen molar-refractivity contribution in [1.82, 2.24) is 9.88 Å². The molecule has 3 aliphatic rings. The second kappa shape index (κ2) is 7.36. The summed E-state index contributed by atoms with van der Waals surface area (Å²) in [6.07, 6.45) is 1.38. The van der Waals surface area contributed by atoms with E-state index in [0.29, 0.717) is 5.91 Å². The van der Waals surface area contributed by atoms with Crippen LogP contribution in [0.2, 0.25) is 0 Å². The van der Waals surface area contributed by atoms with Gasteiger partial charge in [0, 0.05) is 32.4 Å². The average Bonchev–Trinajstić information content (AvgIpc) is 3.46. The number of hydrogen-bond acceptors (Lipinski definition) is 4. The van der Waals surface area contributed by atoms with Crippen molar-refractivity contribution >= 4 is 17.7 Å². The zero-order valence-electron chi connectivity index (χ0n) is 14.8. The maximum atomic E-state index is 12.4. The number of aliphatic carboxylic acids is 1. The predicted molar refractivity (Wildman–Crippen MR) is 91.1 cm³/mol. The molecule has 0 unspecified atom stereocenters. The van der Waals surface area contributed by atoms with Crippen molar-refractivity contribution in [3.05, 3.63) is 24.4 Å². The van der Waals surface area contributed by atoms with Crippen LogP contribution in [0.3, 0.4) is 0 Å². The van der Waals surface area contributed by atoms with Gasteiger partial charge >= 0.3 is 12.1 Å². The zero-order valence-corrected chi connectivity index (χ0v) is 14.8. The topological polar surface area (TPSA) is 73.7 Å². The summed E-state index contributed by atoms with van der Waals surface area (Å²) in [6.45, 7) is 3.93. The minimum absolute atomic E-state index is 0.0276. The molecule has 0 bridgehead atoms. The Hall–Kier alpha value is -2.32. The summed E-state index contributed by atoms with van der Waals surface area (Å²) in [5.41, 5.74) is -0.0276. The maximum Gasteiger partial charge on any atom is 0.490 e. The highest BCUT2D eigenvalue weighted by Crippen LogP contribution is 2.44. The molecule has 1 N–H and O–H groups in total. The quantitative estimate of drug-likeness (QED) is 0.810. The lowest BCUT2D eigenvalue weighted by Crippen LogP contribution is -2.65. The maximum absolute atomic E-state index is 12.4. The van der Waals surface area contributed by atoms with Gasteiger partial charge in [0.1, 0.15) is 5.82 Å². The van der Waals surface area contributed by atoms with Gasteiger partial charge in [0.2, 0.25) is 5.91 Å². The fraction of sp³-hybridized carbons (Fsp3) is 0.611. The first-order valence-corrected chi connectivity index (χ1v) is 8.97. The summed E-state index contributed by atoms with van der Waals surface area (Å²) in [5, 5.41) is 7.12. The molecule has 1 amide bonds. The summed E-state index contributed by atoms with van der Waals surface area (Å²) >= 11 is 0. The van der Waals surface area contributed by atoms with Crippen molar-refractivity contribution in [2.75, 3.05) is 31.1 Å². The third-order valence-corrected chi connectivity index (χ3v) is 5.35. The van der Waals surface area contributed by atoms with Crippen molar-refractivity contribution in [2.24, 2.45) is 11.3 Å². The average molecular weight is 385 g/mol. The molecule has 1 aliphatic carbocycles. The second-order valence-corrected chi connectivity index (χ2v) is 7.39. The van der Waals surface area contributed by atoms with Gasteiger partial charge in [-0.1, -0.05) is 6.07 Å². The van der Waals surface area contributed by atoms with Crippen molar-refractivity contribution in [3.8, 4) is 0 Å². The van der Waals surface area contributed by atoms with Gasteiger partial charge < -0.3 is 14.9 Å². The van der Waals surface area contributed by atoms with E-state index in [4.69, 9.17) is 9.90 Å². The molecular formula is C18H22F3N3O3. The van der Waals surface area contributed by atoms with Gasteiger partial charge in [-0.3, -0.25) is 4.79 Å². The van der Waals surface area contributed by atoms with Crippen molar-refractivity contribution < 1.29 is 27.9 Å². The monoisotopic (exact) mass is 385 g/mol. The van der Waals surface area contributed by atoms with Crippen molar-refractivity contribution in [3.63, 3.8) is 0 Å². The molecule has 9 heteroatoms. The molecule has 2 saturated heterocycles. The summed E-state index contributed by atoms with van der Waals surface area (Å²) < 4.78 is 31.7. The molecule has 27 heavy (non-hydrogen) atoms. The Kier molecular flexibility index (Phi) is 5.30. The standard InChI is InChI=1S/C16H21N3O.C2HF3O2/c20-15-16(12-19(15)11-13-4-5-13)6-9-18(10-7-16)14-3-1-2-8-17-14;3-2(4,5)1(6)7/h1-3,8,13H,4-7,9-12H2;(H,6,7). The van der Waals surface area contributed by atoms with E-state index in [1.807, 2.05) is 18.3 Å². The molecule has 4 rings (SSSR count). The Morgan fingerprint density at radius 2 is 1.89 bits per heavy atom. The number of pyridine rings is 1. The number of aromatic nitrogens is 1. The van der Waals surface area contributed by atoms with E-state index in [1.54, 1.807) is 0 Å². The highest BCUT2D eigenvalue weighted by atomic mass is 19.4. The lowest BCUT2D eigenvalue weighted by Gasteiger charge is -2.52. The van der Waals surface area contributed by atoms with E-state index in [1.165, 1.54) is 12.8 Å². The largest absolute Gasteiger partial charge is 0.490 e. The van der Waals surface area contributed by atoms with Crippen LogP contribution in [0.5, 0.6) is 0 Å². The van der Waals surface area contributed by atoms with Gasteiger partial charge in [-0.25, -0.2) is 9.78 Å². The van der Waals surface area contributed by atoms with E-state index in [-0.39, 0.29) is 5.41 Å². The van der Waals surface area contributed by atoms with Gasteiger partial charge in [0.05, 0.1) is 5.41 Å². The first-order chi connectivity index (χ1) is 12.7. The van der Waals surface area contributed by atoms with Crippen LogP contribution in [0, 0.1) is 11.3 Å². The van der Waals surface area contributed by atoms with Crippen LogP contribution in [-0.2, 0) is 9.59 Å². The van der Waals surface area contributed by atoms with E-state index in [0.717, 1.165) is 50.8 Å². The number of piperidine rings is 1. The molecule has 3 heterocycles. The molecule has 2 aliphatic heterocycles. The van der Waals surface area contributed by atoms with Crippen LogP contribution >= 0.6 is 0 Å². The predicted octanol–water partition coefficient (Wildman–Crippen LogP) is 2.55. The number of likely N-dealkylation sites (tertiary alicyclic amines) is 1. The summed E-state index contributed by atoms with van der Waals surface area (Å²) in [7, 11) is 0. The third kappa shape index (κ3) is 4.51. The van der Waals surface area contributed by atoms with E-state index >= 15 is 0 Å². The van der Waals surface area contributed by atoms with E-state index in [2.05, 4.69) is 20.9 Å². The molecule has 1 saturated carbocycles. The smallest absolute Gasteiger partial charge is 0.475 e. The number of β-lactam (4-membered cyclic amide) rings is 1. The van der Waals surface area contributed by atoms with Crippen molar-refractivity contribution in [1.29, 1.82) is 0 Å². The number of carboxylic acid groups (broad SMARTS) is 1. The molecule has 1 spiro atoms. The van der Waals surface area contributed by atoms with Crippen molar-refractivity contribution in [2.45, 2.75) is 31.9 Å². The van der Waals surface area contributed by atoms with E-state index < -0.39 is 12.1 Å². The van der Waals surface area contributed by atoms with Crippen LogP contribution in [0.4, 0.5) is 19.0 Å². The van der Waals surface area contributed by atoms with Gasteiger partial charge in [-0.2, -0.15) is 13.2 Å². The fourth-order valence-electron chi connectivity index (χ4n) is 3.59. The lowest BCUT2D eigenvalue weighted by atomic mass is 9.71. The number of hydrogen-bond donors (Lipinski definition) is 1. The number of anilines is 1. The van der Waals surface area contributed by atoms with Gasteiger partial charge in [-0.05, 0) is 43.7 Å². The highest BCUT2D eigenvalue weighted by Gasteiger charge is 2.53. The molecule has 1 aromatic rings. The number of amides is 1. The zero-order chi connectivity index (χ0) is 19.7. The van der Waals surface area contributed by atoms with Gasteiger partial charge in [0.25, 0.3) is 0 Å². The Labute approximate surface area is 155 Å². The van der Waals surface area contributed by atoms with E-state index in [9.17, 15) is 18.0 Å². The fourth-order valence-corrected chi connectivity index (χ4v) is 3.59. The molecule has 148 valence electrons. The first kappa shape index (κ1) is 19.4. The lowest BCUT2D eigenvalue weighted by molar-refractivity contribution is -0.192. The number of halogens is 3. The summed E-state index contributed by atoms with van der Waals surface area (Å²) in [6, 6.07) is 6.03. The molecule has 0 atom stereocenters. The minimum Gasteiger partial charge on any atom is -0.475 e. The van der Waals surface area contributed by atoms with Crippen LogP contribution in [-0.4, -0.2) is 59.2 Å². The number of nitrogens with zero attached hydrogens (tertiary/aromatic N) is 3. The number of rotatable bonds is 3. The van der Waals surface area contributed by atoms with Crippen LogP contribution < -0.4 is 4.90 Å². The summed E-state index contributed by atoms with van der Waals surface area (Å²) in [4.78, 5) is 30.1. The normalized spacial score (nSPS) is 21.4. The van der Waals surface area contributed by atoms with Crippen LogP contribution in [0.15, 0.2) is 24.4 Å². The highest BCUT2D eigenvalue weighted by molar-refractivity contribution is 5.89. The molecule has 1 aromatic heterocycles. The third-order valence-electron chi connectivity index (χ3n) is 5.35. The van der Waals surface area contributed by atoms with Gasteiger partial charge in [-0.15, -0.1) is 0 Å². The Morgan fingerprint density at radius 3 is 2.33 bits per heavy atom. The molecule has 0 radical (unpaired) electrons. The second-order valence-electron chi connectivity index (χ2n) is 7.39. The number of alkyl halides is 3.